The maximum atomic E-state index is 12.8. The molecule has 0 atom stereocenters. The highest BCUT2D eigenvalue weighted by molar-refractivity contribution is 5.94. The molecule has 2 amide bonds. The van der Waals surface area contributed by atoms with Crippen LogP contribution in [-0.4, -0.2) is 52.4 Å². The summed E-state index contributed by atoms with van der Waals surface area (Å²) >= 11 is 0. The number of amides is 2. The molecule has 0 saturated carbocycles. The topological polar surface area (TPSA) is 45.6 Å². The van der Waals surface area contributed by atoms with Gasteiger partial charge >= 0.3 is 0 Å². The first-order valence-electron chi connectivity index (χ1n) is 10.5. The Kier molecular flexibility index (Phi) is 5.98. The van der Waals surface area contributed by atoms with Gasteiger partial charge in [-0.2, -0.15) is 0 Å². The van der Waals surface area contributed by atoms with Gasteiger partial charge in [-0.15, -0.1) is 0 Å². The highest BCUT2D eigenvalue weighted by atomic mass is 16.2. The maximum Gasteiger partial charge on any atom is 0.253 e. The number of aromatic nitrogens is 1. The SMILES string of the molecule is Cc1ccc(CCC(=O)N2CCN(C(=O)c3ccc(-n4cccc4)cc3)CC2)cc1. The number of carbonyl (C=O) groups is 2. The van der Waals surface area contributed by atoms with Gasteiger partial charge in [-0.3, -0.25) is 9.59 Å². The third-order valence-electron chi connectivity index (χ3n) is 5.68. The molecule has 5 heteroatoms. The van der Waals surface area contributed by atoms with Crippen LogP contribution in [0.3, 0.4) is 0 Å². The molecule has 3 aromatic rings. The second kappa shape index (κ2) is 8.99. The van der Waals surface area contributed by atoms with Crippen LogP contribution in [0.25, 0.3) is 5.69 Å². The summed E-state index contributed by atoms with van der Waals surface area (Å²) in [6.07, 6.45) is 5.22. The standard InChI is InChI=1S/C25H27N3O2/c1-20-4-6-21(7-5-20)8-13-24(29)27-16-18-28(19-17-27)25(30)22-9-11-23(12-10-22)26-14-2-3-15-26/h2-7,9-12,14-15H,8,13,16-19H2,1H3. The Balaban J connectivity index is 1.27. The van der Waals surface area contributed by atoms with E-state index in [2.05, 4.69) is 31.2 Å². The molecule has 1 aliphatic heterocycles. The third-order valence-corrected chi connectivity index (χ3v) is 5.68. The third kappa shape index (κ3) is 4.62. The summed E-state index contributed by atoms with van der Waals surface area (Å²) in [6.45, 7) is 4.41. The Hall–Kier alpha value is -3.34. The maximum absolute atomic E-state index is 12.8. The molecule has 0 spiro atoms. The normalized spacial score (nSPS) is 14.0. The number of hydrogen-bond donors (Lipinski definition) is 0. The summed E-state index contributed by atoms with van der Waals surface area (Å²) in [7, 11) is 0. The molecule has 4 rings (SSSR count). The van der Waals surface area contributed by atoms with E-state index in [9.17, 15) is 9.59 Å². The fraction of sp³-hybridized carbons (Fsp3) is 0.280. The lowest BCUT2D eigenvalue weighted by Gasteiger charge is -2.35. The van der Waals surface area contributed by atoms with Crippen molar-refractivity contribution in [2.75, 3.05) is 26.2 Å². The van der Waals surface area contributed by atoms with Crippen molar-refractivity contribution in [2.45, 2.75) is 19.8 Å². The summed E-state index contributed by atoms with van der Waals surface area (Å²) in [5, 5.41) is 0. The molecule has 2 aromatic carbocycles. The molecule has 1 saturated heterocycles. The average molecular weight is 402 g/mol. The van der Waals surface area contributed by atoms with Gasteiger partial charge in [-0.05, 0) is 55.3 Å². The van der Waals surface area contributed by atoms with Crippen molar-refractivity contribution in [2.24, 2.45) is 0 Å². The molecule has 154 valence electrons. The molecule has 1 aromatic heterocycles. The first kappa shape index (κ1) is 20.0. The van der Waals surface area contributed by atoms with Gasteiger partial charge in [0.15, 0.2) is 0 Å². The van der Waals surface area contributed by atoms with Gasteiger partial charge in [0.2, 0.25) is 5.91 Å². The zero-order valence-corrected chi connectivity index (χ0v) is 17.3. The zero-order chi connectivity index (χ0) is 20.9. The zero-order valence-electron chi connectivity index (χ0n) is 17.3. The molecule has 0 bridgehead atoms. The van der Waals surface area contributed by atoms with Gasteiger partial charge in [0.1, 0.15) is 0 Å². The Bertz CT molecular complexity index is 984. The van der Waals surface area contributed by atoms with Gasteiger partial charge in [0, 0.05) is 56.2 Å². The van der Waals surface area contributed by atoms with Gasteiger partial charge in [0.05, 0.1) is 0 Å². The average Bonchev–Trinajstić information content (AvgIpc) is 3.33. The van der Waals surface area contributed by atoms with Crippen LogP contribution in [0.4, 0.5) is 0 Å². The highest BCUT2D eigenvalue weighted by Gasteiger charge is 2.24. The lowest BCUT2D eigenvalue weighted by Crippen LogP contribution is -2.50. The van der Waals surface area contributed by atoms with Crippen molar-refractivity contribution in [1.29, 1.82) is 0 Å². The van der Waals surface area contributed by atoms with E-state index in [-0.39, 0.29) is 11.8 Å². The van der Waals surface area contributed by atoms with Crippen LogP contribution in [0.5, 0.6) is 0 Å². The van der Waals surface area contributed by atoms with Crippen molar-refractivity contribution in [3.8, 4) is 5.69 Å². The van der Waals surface area contributed by atoms with E-state index in [1.54, 1.807) is 0 Å². The summed E-state index contributed by atoms with van der Waals surface area (Å²) in [4.78, 5) is 29.1. The second-order valence-corrected chi connectivity index (χ2v) is 7.80. The smallest absolute Gasteiger partial charge is 0.253 e. The lowest BCUT2D eigenvalue weighted by molar-refractivity contribution is -0.132. The van der Waals surface area contributed by atoms with Crippen molar-refractivity contribution < 1.29 is 9.59 Å². The second-order valence-electron chi connectivity index (χ2n) is 7.80. The monoisotopic (exact) mass is 401 g/mol. The molecule has 0 N–H and O–H groups in total. The molecule has 2 heterocycles. The van der Waals surface area contributed by atoms with Gasteiger partial charge < -0.3 is 14.4 Å². The Morgan fingerprint density at radius 1 is 0.800 bits per heavy atom. The fourth-order valence-corrected chi connectivity index (χ4v) is 3.79. The van der Waals surface area contributed by atoms with Crippen molar-refractivity contribution in [3.63, 3.8) is 0 Å². The molecule has 5 nitrogen and oxygen atoms in total. The Morgan fingerprint density at radius 3 is 2.03 bits per heavy atom. The van der Waals surface area contributed by atoms with Crippen LogP contribution in [0, 0.1) is 6.92 Å². The molecule has 0 radical (unpaired) electrons. The summed E-state index contributed by atoms with van der Waals surface area (Å²) < 4.78 is 2.01. The lowest BCUT2D eigenvalue weighted by atomic mass is 10.1. The van der Waals surface area contributed by atoms with E-state index < -0.39 is 0 Å². The summed E-state index contributed by atoms with van der Waals surface area (Å²) in [5.74, 6) is 0.194. The quantitative estimate of drug-likeness (QED) is 0.654. The summed E-state index contributed by atoms with van der Waals surface area (Å²) in [5.41, 5.74) is 4.13. The van der Waals surface area contributed by atoms with Gasteiger partial charge in [-0.1, -0.05) is 29.8 Å². The van der Waals surface area contributed by atoms with E-state index in [1.165, 1.54) is 11.1 Å². The molecule has 0 unspecified atom stereocenters. The van der Waals surface area contributed by atoms with Crippen LogP contribution < -0.4 is 0 Å². The number of hydrogen-bond acceptors (Lipinski definition) is 2. The molecule has 1 fully saturated rings. The molecule has 1 aliphatic rings. The largest absolute Gasteiger partial charge is 0.339 e. The number of aryl methyl sites for hydroxylation is 2. The van der Waals surface area contributed by atoms with Crippen molar-refractivity contribution >= 4 is 11.8 Å². The van der Waals surface area contributed by atoms with E-state index in [0.29, 0.717) is 38.2 Å². The summed E-state index contributed by atoms with van der Waals surface area (Å²) in [6, 6.07) is 19.9. The van der Waals surface area contributed by atoms with Crippen LogP contribution in [0.1, 0.15) is 27.9 Å². The minimum absolute atomic E-state index is 0.0285. The van der Waals surface area contributed by atoms with E-state index >= 15 is 0 Å². The predicted molar refractivity (Wildman–Crippen MR) is 118 cm³/mol. The van der Waals surface area contributed by atoms with E-state index in [1.807, 2.05) is 63.2 Å². The number of carbonyl (C=O) groups excluding carboxylic acids is 2. The van der Waals surface area contributed by atoms with Crippen molar-refractivity contribution in [1.82, 2.24) is 14.4 Å². The minimum atomic E-state index is 0.0285. The molecular formula is C25H27N3O2. The first-order valence-corrected chi connectivity index (χ1v) is 10.5. The first-order chi connectivity index (χ1) is 14.6. The van der Waals surface area contributed by atoms with Crippen LogP contribution >= 0.6 is 0 Å². The van der Waals surface area contributed by atoms with E-state index in [0.717, 1.165) is 12.1 Å². The highest BCUT2D eigenvalue weighted by Crippen LogP contribution is 2.14. The molecule has 30 heavy (non-hydrogen) atoms. The molecule has 0 aliphatic carbocycles. The number of rotatable bonds is 5. The number of benzene rings is 2. The Labute approximate surface area is 177 Å². The molecular weight excluding hydrogens is 374 g/mol. The van der Waals surface area contributed by atoms with Gasteiger partial charge in [-0.25, -0.2) is 0 Å². The number of piperazine rings is 1. The minimum Gasteiger partial charge on any atom is -0.339 e. The van der Waals surface area contributed by atoms with Crippen LogP contribution in [0.2, 0.25) is 0 Å². The van der Waals surface area contributed by atoms with Gasteiger partial charge in [0.25, 0.3) is 5.91 Å². The predicted octanol–water partition coefficient (Wildman–Crippen LogP) is 3.70. The number of nitrogens with zero attached hydrogens (tertiary/aromatic N) is 3. The van der Waals surface area contributed by atoms with Crippen LogP contribution in [-0.2, 0) is 11.2 Å². The van der Waals surface area contributed by atoms with Crippen molar-refractivity contribution in [3.05, 3.63) is 89.7 Å². The Morgan fingerprint density at radius 2 is 1.40 bits per heavy atom. The fourth-order valence-electron chi connectivity index (χ4n) is 3.79. The van der Waals surface area contributed by atoms with E-state index in [4.69, 9.17) is 0 Å². The van der Waals surface area contributed by atoms with Crippen LogP contribution in [0.15, 0.2) is 73.1 Å².